The van der Waals surface area contributed by atoms with Crippen LogP contribution in [-0.4, -0.2) is 0 Å². The zero-order chi connectivity index (χ0) is 19.4. The minimum absolute atomic E-state index is 0.000609. The molecule has 1 aliphatic carbocycles. The van der Waals surface area contributed by atoms with Crippen molar-refractivity contribution in [3.8, 4) is 11.1 Å². The Hall–Kier alpha value is -2.03. The van der Waals surface area contributed by atoms with Crippen LogP contribution in [0.1, 0.15) is 62.6 Å². The molecule has 144 valence electrons. The van der Waals surface area contributed by atoms with E-state index < -0.39 is 17.5 Å². The van der Waals surface area contributed by atoms with Gasteiger partial charge in [0.15, 0.2) is 11.6 Å². The van der Waals surface area contributed by atoms with E-state index in [0.29, 0.717) is 12.0 Å². The lowest BCUT2D eigenvalue weighted by molar-refractivity contribution is 0.501. The Morgan fingerprint density at radius 3 is 2.41 bits per heavy atom. The van der Waals surface area contributed by atoms with Gasteiger partial charge in [-0.3, -0.25) is 0 Å². The summed E-state index contributed by atoms with van der Waals surface area (Å²) >= 11 is 0. The maximum Gasteiger partial charge on any atom is 0.167 e. The fourth-order valence-electron chi connectivity index (χ4n) is 3.83. The van der Waals surface area contributed by atoms with Crippen LogP contribution in [0.5, 0.6) is 0 Å². The summed E-state index contributed by atoms with van der Waals surface area (Å²) in [6, 6.07) is 6.23. The summed E-state index contributed by atoms with van der Waals surface area (Å²) < 4.78 is 43.3. The number of hydrogen-bond acceptors (Lipinski definition) is 0. The largest absolute Gasteiger partial charge is 0.206 e. The quantitative estimate of drug-likeness (QED) is 0.352. The molecular formula is C24H27F3. The molecule has 3 rings (SSSR count). The molecule has 0 amide bonds. The number of hydrogen-bond donors (Lipinski definition) is 0. The highest BCUT2D eigenvalue weighted by atomic mass is 19.2. The van der Waals surface area contributed by atoms with Gasteiger partial charge in [0, 0.05) is 11.1 Å². The predicted molar refractivity (Wildman–Crippen MR) is 105 cm³/mol. The molecule has 0 aliphatic heterocycles. The SMILES string of the molecule is CCCCCCC1=CCc2cc(-c3ccc(CC)c(F)c3F)c(F)cc2C1. The van der Waals surface area contributed by atoms with Crippen LogP contribution < -0.4 is 0 Å². The maximum absolute atomic E-state index is 14.7. The van der Waals surface area contributed by atoms with Gasteiger partial charge in [-0.25, -0.2) is 13.2 Å². The first-order valence-electron chi connectivity index (χ1n) is 10.0. The van der Waals surface area contributed by atoms with Gasteiger partial charge in [0.1, 0.15) is 5.82 Å². The van der Waals surface area contributed by atoms with E-state index in [1.54, 1.807) is 19.1 Å². The molecule has 0 unspecified atom stereocenters. The summed E-state index contributed by atoms with van der Waals surface area (Å²) in [5.74, 6) is -2.32. The number of allylic oxidation sites excluding steroid dienone is 2. The molecule has 0 heterocycles. The van der Waals surface area contributed by atoms with Crippen molar-refractivity contribution in [3.05, 3.63) is 70.1 Å². The lowest BCUT2D eigenvalue weighted by atomic mass is 9.86. The van der Waals surface area contributed by atoms with Crippen molar-refractivity contribution in [1.29, 1.82) is 0 Å². The van der Waals surface area contributed by atoms with E-state index in [4.69, 9.17) is 0 Å². The first-order valence-corrected chi connectivity index (χ1v) is 10.0. The first kappa shape index (κ1) is 19.7. The number of benzene rings is 2. The topological polar surface area (TPSA) is 0 Å². The molecule has 0 nitrogen and oxygen atoms in total. The smallest absolute Gasteiger partial charge is 0.167 e. The molecule has 0 spiro atoms. The average Bonchev–Trinajstić information content (AvgIpc) is 2.67. The third kappa shape index (κ3) is 4.28. The van der Waals surface area contributed by atoms with E-state index in [1.807, 2.05) is 0 Å². The zero-order valence-corrected chi connectivity index (χ0v) is 16.2. The minimum atomic E-state index is -0.962. The zero-order valence-electron chi connectivity index (χ0n) is 16.2. The second-order valence-corrected chi connectivity index (χ2v) is 7.41. The van der Waals surface area contributed by atoms with Crippen molar-refractivity contribution in [2.24, 2.45) is 0 Å². The van der Waals surface area contributed by atoms with Gasteiger partial charge in [-0.15, -0.1) is 0 Å². The summed E-state index contributed by atoms with van der Waals surface area (Å²) in [4.78, 5) is 0. The van der Waals surface area contributed by atoms with E-state index >= 15 is 0 Å². The van der Waals surface area contributed by atoms with E-state index in [-0.39, 0.29) is 11.1 Å². The minimum Gasteiger partial charge on any atom is -0.206 e. The highest BCUT2D eigenvalue weighted by Gasteiger charge is 2.20. The van der Waals surface area contributed by atoms with Crippen LogP contribution in [0, 0.1) is 17.5 Å². The molecule has 1 aliphatic rings. The molecule has 0 radical (unpaired) electrons. The van der Waals surface area contributed by atoms with Crippen LogP contribution in [0.4, 0.5) is 13.2 Å². The molecule has 0 N–H and O–H groups in total. The fourth-order valence-corrected chi connectivity index (χ4v) is 3.83. The summed E-state index contributed by atoms with van der Waals surface area (Å²) in [7, 11) is 0. The molecule has 0 bridgehead atoms. The summed E-state index contributed by atoms with van der Waals surface area (Å²) in [6.07, 6.45) is 10.0. The molecule has 27 heavy (non-hydrogen) atoms. The number of halogens is 3. The summed E-state index contributed by atoms with van der Waals surface area (Å²) in [5.41, 5.74) is 3.78. The normalized spacial score (nSPS) is 13.4. The van der Waals surface area contributed by atoms with Crippen molar-refractivity contribution in [2.75, 3.05) is 0 Å². The van der Waals surface area contributed by atoms with E-state index in [1.165, 1.54) is 43.4 Å². The van der Waals surface area contributed by atoms with E-state index in [2.05, 4.69) is 13.0 Å². The fraction of sp³-hybridized carbons (Fsp3) is 0.417. The van der Waals surface area contributed by atoms with Gasteiger partial charge in [-0.1, -0.05) is 56.9 Å². The molecule has 0 saturated heterocycles. The third-order valence-corrected chi connectivity index (χ3v) is 5.50. The standard InChI is InChI=1S/C24H27F3/c1-3-5-6-7-8-16-9-10-18-14-21(22(25)15-19(18)13-16)20-12-11-17(4-2)23(26)24(20)27/h9,11-12,14-15H,3-8,10,13H2,1-2H3. The van der Waals surface area contributed by atoms with Crippen LogP contribution in [0.2, 0.25) is 0 Å². The van der Waals surface area contributed by atoms with Gasteiger partial charge >= 0.3 is 0 Å². The number of fused-ring (bicyclic) bond motifs is 1. The van der Waals surface area contributed by atoms with E-state index in [9.17, 15) is 13.2 Å². The number of unbranched alkanes of at least 4 members (excludes halogenated alkanes) is 3. The average molecular weight is 372 g/mol. The molecule has 2 aromatic carbocycles. The lowest BCUT2D eigenvalue weighted by Crippen LogP contribution is -2.06. The Labute approximate surface area is 160 Å². The van der Waals surface area contributed by atoms with Gasteiger partial charge in [0.2, 0.25) is 0 Å². The predicted octanol–water partition coefficient (Wildman–Crippen LogP) is 7.33. The van der Waals surface area contributed by atoms with Crippen LogP contribution in [-0.2, 0) is 19.3 Å². The Morgan fingerprint density at radius 1 is 0.852 bits per heavy atom. The van der Waals surface area contributed by atoms with Gasteiger partial charge in [0.05, 0.1) is 0 Å². The van der Waals surface area contributed by atoms with Crippen LogP contribution in [0.25, 0.3) is 11.1 Å². The van der Waals surface area contributed by atoms with Crippen LogP contribution in [0.3, 0.4) is 0 Å². The highest BCUT2D eigenvalue weighted by Crippen LogP contribution is 2.33. The molecule has 0 atom stereocenters. The molecule has 0 aromatic heterocycles. The Bertz CT molecular complexity index is 849. The van der Waals surface area contributed by atoms with Gasteiger partial charge in [0.25, 0.3) is 0 Å². The van der Waals surface area contributed by atoms with Crippen molar-refractivity contribution in [2.45, 2.75) is 65.2 Å². The summed E-state index contributed by atoms with van der Waals surface area (Å²) in [5, 5.41) is 0. The second kappa shape index (κ2) is 8.77. The lowest BCUT2D eigenvalue weighted by Gasteiger charge is -2.19. The Balaban J connectivity index is 1.84. The second-order valence-electron chi connectivity index (χ2n) is 7.41. The molecule has 2 aromatic rings. The molecule has 3 heteroatoms. The van der Waals surface area contributed by atoms with Crippen molar-refractivity contribution in [1.82, 2.24) is 0 Å². The van der Waals surface area contributed by atoms with Crippen molar-refractivity contribution >= 4 is 0 Å². The first-order chi connectivity index (χ1) is 13.0. The monoisotopic (exact) mass is 372 g/mol. The van der Waals surface area contributed by atoms with Gasteiger partial charge < -0.3 is 0 Å². The highest BCUT2D eigenvalue weighted by molar-refractivity contribution is 5.67. The van der Waals surface area contributed by atoms with E-state index in [0.717, 1.165) is 30.4 Å². The van der Waals surface area contributed by atoms with Crippen molar-refractivity contribution < 1.29 is 13.2 Å². The number of aryl methyl sites for hydroxylation is 1. The Kier molecular flexibility index (Phi) is 6.41. The molecule has 0 fully saturated rings. The number of rotatable bonds is 7. The van der Waals surface area contributed by atoms with Gasteiger partial charge in [-0.05, 0) is 60.9 Å². The van der Waals surface area contributed by atoms with Crippen LogP contribution in [0.15, 0.2) is 35.9 Å². The van der Waals surface area contributed by atoms with Crippen molar-refractivity contribution in [3.63, 3.8) is 0 Å². The molecular weight excluding hydrogens is 345 g/mol. The van der Waals surface area contributed by atoms with Gasteiger partial charge in [-0.2, -0.15) is 0 Å². The Morgan fingerprint density at radius 2 is 1.67 bits per heavy atom. The maximum atomic E-state index is 14.7. The third-order valence-electron chi connectivity index (χ3n) is 5.50. The molecule has 0 saturated carbocycles. The van der Waals surface area contributed by atoms with Crippen LogP contribution >= 0.6 is 0 Å². The summed E-state index contributed by atoms with van der Waals surface area (Å²) in [6.45, 7) is 3.96.